The van der Waals surface area contributed by atoms with Crippen LogP contribution >= 0.6 is 22.9 Å². The van der Waals surface area contributed by atoms with Crippen molar-refractivity contribution >= 4 is 45.1 Å². The number of halogens is 1. The first-order valence-corrected chi connectivity index (χ1v) is 8.48. The molecule has 0 radical (unpaired) electrons. The van der Waals surface area contributed by atoms with Gasteiger partial charge < -0.3 is 0 Å². The molecule has 0 aliphatic heterocycles. The Hall–Kier alpha value is -2.17. The molecule has 116 valence electrons. The van der Waals surface area contributed by atoms with Gasteiger partial charge in [-0.25, -0.2) is 5.43 Å². The molecule has 1 heterocycles. The summed E-state index contributed by atoms with van der Waals surface area (Å²) >= 11 is 7.64. The van der Waals surface area contributed by atoms with Crippen LogP contribution in [0.5, 0.6) is 0 Å². The third-order valence-corrected chi connectivity index (χ3v) is 5.18. The van der Waals surface area contributed by atoms with E-state index in [1.165, 1.54) is 16.9 Å². The highest BCUT2D eigenvalue weighted by Gasteiger charge is 2.16. The Morgan fingerprint density at radius 3 is 2.65 bits per heavy atom. The summed E-state index contributed by atoms with van der Waals surface area (Å²) in [6.45, 7) is 2.11. The maximum absolute atomic E-state index is 12.2. The zero-order valence-electron chi connectivity index (χ0n) is 12.5. The first-order chi connectivity index (χ1) is 11.2. The first-order valence-electron chi connectivity index (χ1n) is 7.28. The normalized spacial score (nSPS) is 11.2. The molecule has 3 rings (SSSR count). The summed E-state index contributed by atoms with van der Waals surface area (Å²) in [4.78, 5) is 12.7. The van der Waals surface area contributed by atoms with E-state index >= 15 is 0 Å². The molecular formula is C18H15ClN2OS. The average molecular weight is 343 g/mol. The van der Waals surface area contributed by atoms with E-state index in [1.807, 2.05) is 48.5 Å². The Morgan fingerprint density at radius 1 is 1.22 bits per heavy atom. The van der Waals surface area contributed by atoms with E-state index in [1.54, 1.807) is 6.21 Å². The standard InChI is InChI=1S/C18H15ClN2OS/c1-2-12-7-9-13(10-8-12)11-20-21-18(22)17-16(19)14-5-3-4-6-15(14)23-17/h3-11H,2H2,1H3,(H,21,22). The number of carbonyl (C=O) groups excluding carboxylic acids is 1. The largest absolute Gasteiger partial charge is 0.283 e. The van der Waals surface area contributed by atoms with Crippen LogP contribution in [0.1, 0.15) is 27.7 Å². The van der Waals surface area contributed by atoms with Crippen LogP contribution in [0.25, 0.3) is 10.1 Å². The van der Waals surface area contributed by atoms with Gasteiger partial charge in [0.25, 0.3) is 5.91 Å². The third-order valence-electron chi connectivity index (χ3n) is 3.51. The quantitative estimate of drug-likeness (QED) is 0.532. The maximum atomic E-state index is 12.2. The monoisotopic (exact) mass is 342 g/mol. The number of nitrogens with zero attached hydrogens (tertiary/aromatic N) is 1. The minimum Gasteiger partial charge on any atom is -0.266 e. The molecule has 0 spiro atoms. The predicted molar refractivity (Wildman–Crippen MR) is 97.7 cm³/mol. The second-order valence-corrected chi connectivity index (χ2v) is 6.47. The molecule has 0 atom stereocenters. The molecule has 0 saturated heterocycles. The van der Waals surface area contributed by atoms with Gasteiger partial charge in [0, 0.05) is 10.1 Å². The number of hydrogen-bond acceptors (Lipinski definition) is 3. The van der Waals surface area contributed by atoms with Crippen molar-refractivity contribution in [1.82, 2.24) is 5.43 Å². The number of amides is 1. The van der Waals surface area contributed by atoms with E-state index in [4.69, 9.17) is 11.6 Å². The number of thiophene rings is 1. The summed E-state index contributed by atoms with van der Waals surface area (Å²) in [5, 5.41) is 5.38. The Balaban J connectivity index is 1.72. The molecule has 1 amide bonds. The molecular weight excluding hydrogens is 328 g/mol. The number of carbonyl (C=O) groups is 1. The van der Waals surface area contributed by atoms with Gasteiger partial charge in [0.15, 0.2) is 0 Å². The fourth-order valence-electron chi connectivity index (χ4n) is 2.22. The van der Waals surface area contributed by atoms with Crippen LogP contribution in [-0.4, -0.2) is 12.1 Å². The second kappa shape index (κ2) is 6.94. The highest BCUT2D eigenvalue weighted by atomic mass is 35.5. The molecule has 1 N–H and O–H groups in total. The summed E-state index contributed by atoms with van der Waals surface area (Å²) in [6.07, 6.45) is 2.62. The Morgan fingerprint density at radius 2 is 1.96 bits per heavy atom. The molecule has 3 nitrogen and oxygen atoms in total. The van der Waals surface area contributed by atoms with Gasteiger partial charge in [-0.2, -0.15) is 5.10 Å². The zero-order valence-corrected chi connectivity index (χ0v) is 14.1. The molecule has 0 fully saturated rings. The van der Waals surface area contributed by atoms with Crippen molar-refractivity contribution in [1.29, 1.82) is 0 Å². The molecule has 0 aliphatic rings. The summed E-state index contributed by atoms with van der Waals surface area (Å²) in [7, 11) is 0. The van der Waals surface area contributed by atoms with Crippen LogP contribution in [0.3, 0.4) is 0 Å². The number of nitrogens with one attached hydrogen (secondary N) is 1. The van der Waals surface area contributed by atoms with Crippen LogP contribution in [0.4, 0.5) is 0 Å². The third kappa shape index (κ3) is 3.44. The van der Waals surface area contributed by atoms with Gasteiger partial charge in [-0.05, 0) is 23.6 Å². The molecule has 1 aromatic heterocycles. The Kier molecular flexibility index (Phi) is 4.74. The van der Waals surface area contributed by atoms with Crippen molar-refractivity contribution in [3.8, 4) is 0 Å². The van der Waals surface area contributed by atoms with E-state index in [9.17, 15) is 4.79 Å². The summed E-state index contributed by atoms with van der Waals surface area (Å²) in [5.41, 5.74) is 4.74. The lowest BCUT2D eigenvalue weighted by Crippen LogP contribution is -2.16. The van der Waals surface area contributed by atoms with Gasteiger partial charge in [0.2, 0.25) is 0 Å². The van der Waals surface area contributed by atoms with Crippen molar-refractivity contribution in [2.24, 2.45) is 5.10 Å². The van der Waals surface area contributed by atoms with Gasteiger partial charge in [-0.1, -0.05) is 61.0 Å². The van der Waals surface area contributed by atoms with Crippen molar-refractivity contribution in [3.05, 3.63) is 69.6 Å². The van der Waals surface area contributed by atoms with E-state index < -0.39 is 0 Å². The lowest BCUT2D eigenvalue weighted by Gasteiger charge is -1.98. The number of hydrogen-bond donors (Lipinski definition) is 1. The highest BCUT2D eigenvalue weighted by Crippen LogP contribution is 2.34. The molecule has 5 heteroatoms. The van der Waals surface area contributed by atoms with Gasteiger partial charge in [-0.3, -0.25) is 4.79 Å². The molecule has 0 saturated carbocycles. The van der Waals surface area contributed by atoms with Crippen LogP contribution in [0, 0.1) is 0 Å². The van der Waals surface area contributed by atoms with Crippen LogP contribution in [0.15, 0.2) is 53.6 Å². The van der Waals surface area contributed by atoms with Gasteiger partial charge in [0.1, 0.15) is 4.88 Å². The van der Waals surface area contributed by atoms with Crippen LogP contribution in [-0.2, 0) is 6.42 Å². The molecule has 2 aromatic carbocycles. The lowest BCUT2D eigenvalue weighted by atomic mass is 10.1. The minimum atomic E-state index is -0.294. The first kappa shape index (κ1) is 15.7. The van der Waals surface area contributed by atoms with Gasteiger partial charge in [-0.15, -0.1) is 11.3 Å². The zero-order chi connectivity index (χ0) is 16.2. The van der Waals surface area contributed by atoms with Gasteiger partial charge in [0.05, 0.1) is 11.2 Å². The lowest BCUT2D eigenvalue weighted by molar-refractivity contribution is 0.0959. The van der Waals surface area contributed by atoms with E-state index in [0.717, 1.165) is 22.1 Å². The van der Waals surface area contributed by atoms with E-state index in [0.29, 0.717) is 9.90 Å². The van der Waals surface area contributed by atoms with E-state index in [-0.39, 0.29) is 5.91 Å². The number of rotatable bonds is 4. The summed E-state index contributed by atoms with van der Waals surface area (Å²) in [6, 6.07) is 15.7. The number of aryl methyl sites for hydroxylation is 1. The molecule has 0 aliphatic carbocycles. The van der Waals surface area contributed by atoms with Crippen LogP contribution in [0.2, 0.25) is 5.02 Å². The van der Waals surface area contributed by atoms with Crippen molar-refractivity contribution in [3.63, 3.8) is 0 Å². The Bertz CT molecular complexity index is 868. The Labute approximate surface area is 143 Å². The predicted octanol–water partition coefficient (Wildman–Crippen LogP) is 4.88. The van der Waals surface area contributed by atoms with Crippen molar-refractivity contribution in [2.75, 3.05) is 0 Å². The fourth-order valence-corrected chi connectivity index (χ4v) is 3.62. The summed E-state index contributed by atoms with van der Waals surface area (Å²) in [5.74, 6) is -0.294. The fraction of sp³-hybridized carbons (Fsp3) is 0.111. The number of fused-ring (bicyclic) bond motifs is 1. The second-order valence-electron chi connectivity index (χ2n) is 5.04. The number of benzene rings is 2. The molecule has 0 bridgehead atoms. The SMILES string of the molecule is CCc1ccc(C=NNC(=O)c2sc3ccccc3c2Cl)cc1. The number of hydrazone groups is 1. The molecule has 23 heavy (non-hydrogen) atoms. The minimum absolute atomic E-state index is 0.294. The summed E-state index contributed by atoms with van der Waals surface area (Å²) < 4.78 is 0.988. The van der Waals surface area contributed by atoms with Crippen molar-refractivity contribution < 1.29 is 4.79 Å². The van der Waals surface area contributed by atoms with Crippen molar-refractivity contribution in [2.45, 2.75) is 13.3 Å². The van der Waals surface area contributed by atoms with Gasteiger partial charge >= 0.3 is 0 Å². The molecule has 0 unspecified atom stereocenters. The smallest absolute Gasteiger partial charge is 0.266 e. The maximum Gasteiger partial charge on any atom is 0.283 e. The topological polar surface area (TPSA) is 41.5 Å². The molecule has 3 aromatic rings. The van der Waals surface area contributed by atoms with E-state index in [2.05, 4.69) is 17.5 Å². The average Bonchev–Trinajstić information content (AvgIpc) is 2.93. The highest BCUT2D eigenvalue weighted by molar-refractivity contribution is 7.21. The van der Waals surface area contributed by atoms with Crippen LogP contribution < -0.4 is 5.43 Å².